The predicted octanol–water partition coefficient (Wildman–Crippen LogP) is 7.62. The highest BCUT2D eigenvalue weighted by atomic mass is 28.4. The van der Waals surface area contributed by atoms with Crippen molar-refractivity contribution in [2.45, 2.75) is 38.9 Å². The minimum atomic E-state index is -2.16. The summed E-state index contributed by atoms with van der Waals surface area (Å²) < 4.78 is 22.8. The second-order valence-corrected chi connectivity index (χ2v) is 16.6. The van der Waals surface area contributed by atoms with Crippen LogP contribution in [0.4, 0.5) is 5.69 Å². The standard InChI is InChI=1S/C35H40N2O6Si/c1-35(2,3)44(6,7)43-37-34(39)26-17-15-24(16-18-26)21-27(23-42-30-14-10-12-25-11-8-9-13-29(25)30)33(38)36-28-19-20-31(40-4)32(22-28)41-5/h8-22H,23H2,1-7H3,(H,36,38)(H,37,39). The minimum absolute atomic E-state index is 0.00964. The molecule has 4 rings (SSSR count). The van der Waals surface area contributed by atoms with Crippen molar-refractivity contribution >= 4 is 42.7 Å². The first-order chi connectivity index (χ1) is 20.9. The third-order valence-corrected chi connectivity index (χ3v) is 12.0. The van der Waals surface area contributed by atoms with Crippen molar-refractivity contribution in [1.29, 1.82) is 0 Å². The van der Waals surface area contributed by atoms with E-state index in [1.165, 1.54) is 7.11 Å². The van der Waals surface area contributed by atoms with Gasteiger partial charge in [0.05, 0.1) is 19.8 Å². The number of fused-ring (bicyclic) bond motifs is 1. The number of hydroxylamine groups is 1. The first-order valence-electron chi connectivity index (χ1n) is 14.3. The molecule has 2 N–H and O–H groups in total. The van der Waals surface area contributed by atoms with Crippen LogP contribution in [0.5, 0.6) is 17.2 Å². The fourth-order valence-corrected chi connectivity index (χ4v) is 4.75. The summed E-state index contributed by atoms with van der Waals surface area (Å²) in [6, 6.07) is 25.8. The molecule has 0 fully saturated rings. The van der Waals surface area contributed by atoms with Gasteiger partial charge in [-0.2, -0.15) is 0 Å². The van der Waals surface area contributed by atoms with E-state index in [-0.39, 0.29) is 23.5 Å². The van der Waals surface area contributed by atoms with Crippen molar-refractivity contribution in [2.75, 3.05) is 26.1 Å². The Bertz CT molecular complexity index is 1650. The Morgan fingerprint density at radius 3 is 2.18 bits per heavy atom. The van der Waals surface area contributed by atoms with E-state index in [0.717, 1.165) is 16.3 Å². The third-order valence-electron chi connectivity index (χ3n) is 7.78. The fourth-order valence-electron chi connectivity index (χ4n) is 4.09. The number of hydrogen-bond donors (Lipinski definition) is 2. The van der Waals surface area contributed by atoms with Crippen molar-refractivity contribution < 1.29 is 28.3 Å². The second kappa shape index (κ2) is 13.8. The van der Waals surface area contributed by atoms with Gasteiger partial charge in [0.2, 0.25) is 8.32 Å². The molecule has 0 aliphatic carbocycles. The molecule has 2 amide bonds. The van der Waals surface area contributed by atoms with Gasteiger partial charge in [0, 0.05) is 22.7 Å². The zero-order chi connectivity index (χ0) is 31.9. The van der Waals surface area contributed by atoms with E-state index in [1.54, 1.807) is 55.7 Å². The highest BCUT2D eigenvalue weighted by molar-refractivity contribution is 6.74. The Balaban J connectivity index is 1.57. The molecule has 230 valence electrons. The first-order valence-corrected chi connectivity index (χ1v) is 17.3. The highest BCUT2D eigenvalue weighted by Crippen LogP contribution is 2.36. The molecule has 9 heteroatoms. The molecule has 0 saturated heterocycles. The quantitative estimate of drug-likeness (QED) is 0.103. The lowest BCUT2D eigenvalue weighted by Gasteiger charge is -2.35. The van der Waals surface area contributed by atoms with E-state index >= 15 is 0 Å². The van der Waals surface area contributed by atoms with Crippen molar-refractivity contribution in [2.24, 2.45) is 0 Å². The van der Waals surface area contributed by atoms with E-state index in [4.69, 9.17) is 18.7 Å². The molecule has 0 radical (unpaired) electrons. The van der Waals surface area contributed by atoms with E-state index in [2.05, 4.69) is 44.7 Å². The van der Waals surface area contributed by atoms with Gasteiger partial charge in [-0.3, -0.25) is 9.59 Å². The summed E-state index contributed by atoms with van der Waals surface area (Å²) in [5.74, 6) is 1.05. The van der Waals surface area contributed by atoms with Crippen LogP contribution in [-0.4, -0.2) is 41.0 Å². The maximum absolute atomic E-state index is 13.6. The van der Waals surface area contributed by atoms with Crippen LogP contribution in [0.2, 0.25) is 18.1 Å². The third kappa shape index (κ3) is 7.86. The van der Waals surface area contributed by atoms with Gasteiger partial charge in [0.25, 0.3) is 11.8 Å². The molecule has 4 aromatic carbocycles. The van der Waals surface area contributed by atoms with Crippen LogP contribution in [0.3, 0.4) is 0 Å². The average molecular weight is 613 g/mol. The lowest BCUT2D eigenvalue weighted by atomic mass is 10.1. The molecule has 0 unspecified atom stereocenters. The Labute approximate surface area is 260 Å². The topological polar surface area (TPSA) is 95.1 Å². The Morgan fingerprint density at radius 2 is 1.50 bits per heavy atom. The van der Waals surface area contributed by atoms with Crippen LogP contribution < -0.4 is 25.0 Å². The lowest BCUT2D eigenvalue weighted by Crippen LogP contribution is -2.46. The molecule has 0 bridgehead atoms. The van der Waals surface area contributed by atoms with Gasteiger partial charge in [-0.05, 0) is 65.5 Å². The molecular weight excluding hydrogens is 572 g/mol. The molecular formula is C35H40N2O6Si. The number of hydrogen-bond acceptors (Lipinski definition) is 6. The number of ether oxygens (including phenoxy) is 3. The number of amides is 2. The first kappa shape index (κ1) is 32.3. The molecule has 0 saturated carbocycles. The summed E-state index contributed by atoms with van der Waals surface area (Å²) in [6.45, 7) is 10.5. The van der Waals surface area contributed by atoms with E-state index in [0.29, 0.717) is 34.1 Å². The molecule has 8 nitrogen and oxygen atoms in total. The number of methoxy groups -OCH3 is 2. The Morgan fingerprint density at radius 1 is 0.818 bits per heavy atom. The number of rotatable bonds is 11. The van der Waals surface area contributed by atoms with Gasteiger partial charge < -0.3 is 24.1 Å². The largest absolute Gasteiger partial charge is 0.493 e. The monoisotopic (exact) mass is 612 g/mol. The van der Waals surface area contributed by atoms with Crippen molar-refractivity contribution in [3.63, 3.8) is 0 Å². The van der Waals surface area contributed by atoms with Gasteiger partial charge >= 0.3 is 0 Å². The summed E-state index contributed by atoms with van der Waals surface area (Å²) >= 11 is 0. The molecule has 0 spiro atoms. The van der Waals surface area contributed by atoms with Gasteiger partial charge in [0.1, 0.15) is 12.4 Å². The molecule has 0 atom stereocenters. The van der Waals surface area contributed by atoms with Crippen LogP contribution in [0.15, 0.2) is 90.5 Å². The smallest absolute Gasteiger partial charge is 0.273 e. The van der Waals surface area contributed by atoms with Crippen LogP contribution in [0.25, 0.3) is 16.8 Å². The van der Waals surface area contributed by atoms with Crippen molar-refractivity contribution in [3.8, 4) is 17.2 Å². The average Bonchev–Trinajstić information content (AvgIpc) is 3.01. The zero-order valence-corrected chi connectivity index (χ0v) is 27.3. The molecule has 4 aromatic rings. The highest BCUT2D eigenvalue weighted by Gasteiger charge is 2.38. The lowest BCUT2D eigenvalue weighted by molar-refractivity contribution is -0.113. The van der Waals surface area contributed by atoms with Gasteiger partial charge in [-0.15, -0.1) is 0 Å². The van der Waals surface area contributed by atoms with Crippen LogP contribution in [0.1, 0.15) is 36.7 Å². The van der Waals surface area contributed by atoms with E-state index in [1.807, 2.05) is 42.5 Å². The molecule has 0 heterocycles. The van der Waals surface area contributed by atoms with Crippen LogP contribution in [0, 0.1) is 0 Å². The summed E-state index contributed by atoms with van der Waals surface area (Å²) in [5.41, 5.74) is 4.72. The summed E-state index contributed by atoms with van der Waals surface area (Å²) in [4.78, 5) is 26.4. The van der Waals surface area contributed by atoms with Crippen LogP contribution >= 0.6 is 0 Å². The van der Waals surface area contributed by atoms with Crippen molar-refractivity contribution in [3.05, 3.63) is 102 Å². The molecule has 0 aliphatic rings. The van der Waals surface area contributed by atoms with Gasteiger partial charge in [0.15, 0.2) is 11.5 Å². The van der Waals surface area contributed by atoms with Crippen molar-refractivity contribution in [1.82, 2.24) is 5.48 Å². The molecule has 0 aliphatic heterocycles. The van der Waals surface area contributed by atoms with Gasteiger partial charge in [-0.1, -0.05) is 69.3 Å². The summed E-state index contributed by atoms with van der Waals surface area (Å²) in [7, 11) is 0.932. The molecule has 0 aromatic heterocycles. The van der Waals surface area contributed by atoms with Crippen LogP contribution in [-0.2, 0) is 9.32 Å². The second-order valence-electron chi connectivity index (χ2n) is 11.9. The SMILES string of the molecule is COc1ccc(NC(=O)C(=Cc2ccc(C(=O)NO[Si](C)(C)C(C)(C)C)cc2)COc2cccc3ccccc23)cc1OC. The number of nitrogens with one attached hydrogen (secondary N) is 2. The number of anilines is 1. The Hall–Kier alpha value is -4.60. The fraction of sp³-hybridized carbons (Fsp3) is 0.257. The number of carbonyl (C=O) groups excluding carboxylic acids is 2. The predicted molar refractivity (Wildman–Crippen MR) is 178 cm³/mol. The maximum atomic E-state index is 13.6. The molecule has 44 heavy (non-hydrogen) atoms. The number of carbonyl (C=O) groups is 2. The normalized spacial score (nSPS) is 12.0. The maximum Gasteiger partial charge on any atom is 0.273 e. The Kier molecular flexibility index (Phi) is 10.1. The summed E-state index contributed by atoms with van der Waals surface area (Å²) in [6.07, 6.45) is 1.75. The number of benzene rings is 4. The zero-order valence-electron chi connectivity index (χ0n) is 26.3. The van der Waals surface area contributed by atoms with E-state index in [9.17, 15) is 9.59 Å². The minimum Gasteiger partial charge on any atom is -0.493 e. The summed E-state index contributed by atoms with van der Waals surface area (Å²) in [5, 5.41) is 4.88. The van der Waals surface area contributed by atoms with Gasteiger partial charge in [-0.25, -0.2) is 5.48 Å². The van der Waals surface area contributed by atoms with E-state index < -0.39 is 8.32 Å².